The number of para-hydroxylation sites is 1. The Bertz CT molecular complexity index is 1030. The van der Waals surface area contributed by atoms with Crippen molar-refractivity contribution in [1.29, 1.82) is 0 Å². The zero-order valence-electron chi connectivity index (χ0n) is 15.4. The van der Waals surface area contributed by atoms with E-state index in [4.69, 9.17) is 23.2 Å². The Labute approximate surface area is 178 Å². The molecule has 8 nitrogen and oxygen atoms in total. The number of carbonyl (C=O) groups excluding carboxylic acids is 2. The minimum atomic E-state index is -3.63. The van der Waals surface area contributed by atoms with Gasteiger partial charge in [-0.1, -0.05) is 29.3 Å². The molecule has 0 spiro atoms. The number of amides is 2. The summed E-state index contributed by atoms with van der Waals surface area (Å²) in [7, 11) is -3.63. The SMILES string of the molecule is CCN(CC(=O)Nc1c(Cl)cccc1Cl)C(=O)C1=CC=CN2CCS(=O)(=O)N=C12. The van der Waals surface area contributed by atoms with Gasteiger partial charge in [-0.25, -0.2) is 8.42 Å². The molecule has 2 aliphatic rings. The molecule has 0 fully saturated rings. The van der Waals surface area contributed by atoms with Gasteiger partial charge in [0.15, 0.2) is 5.84 Å². The third-order valence-corrected chi connectivity index (χ3v) is 6.10. The molecule has 1 aromatic rings. The van der Waals surface area contributed by atoms with Crippen LogP contribution in [0.15, 0.2) is 46.5 Å². The second kappa shape index (κ2) is 8.56. The first-order valence-corrected chi connectivity index (χ1v) is 11.1. The molecule has 154 valence electrons. The van der Waals surface area contributed by atoms with Gasteiger partial charge in [0.2, 0.25) is 5.91 Å². The van der Waals surface area contributed by atoms with Crippen LogP contribution in [0.4, 0.5) is 5.69 Å². The van der Waals surface area contributed by atoms with Crippen LogP contribution in [-0.2, 0) is 19.6 Å². The van der Waals surface area contributed by atoms with Crippen molar-refractivity contribution in [2.24, 2.45) is 4.40 Å². The van der Waals surface area contributed by atoms with Gasteiger partial charge in [0.25, 0.3) is 15.9 Å². The molecule has 0 unspecified atom stereocenters. The Balaban J connectivity index is 1.78. The monoisotopic (exact) mass is 456 g/mol. The molecule has 2 aliphatic heterocycles. The molecule has 11 heteroatoms. The fraction of sp³-hybridized carbons (Fsp3) is 0.278. The Morgan fingerprint density at radius 2 is 1.97 bits per heavy atom. The number of amidine groups is 1. The van der Waals surface area contributed by atoms with Gasteiger partial charge in [-0.2, -0.15) is 0 Å². The predicted octanol–water partition coefficient (Wildman–Crippen LogP) is 2.28. The average molecular weight is 457 g/mol. The van der Waals surface area contributed by atoms with Gasteiger partial charge in [-0.15, -0.1) is 4.40 Å². The summed E-state index contributed by atoms with van der Waals surface area (Å²) in [4.78, 5) is 28.4. The predicted molar refractivity (Wildman–Crippen MR) is 112 cm³/mol. The molecule has 1 N–H and O–H groups in total. The highest BCUT2D eigenvalue weighted by Gasteiger charge is 2.32. The summed E-state index contributed by atoms with van der Waals surface area (Å²) < 4.78 is 27.5. The average Bonchev–Trinajstić information content (AvgIpc) is 2.67. The molecule has 29 heavy (non-hydrogen) atoms. The van der Waals surface area contributed by atoms with E-state index in [0.29, 0.717) is 0 Å². The van der Waals surface area contributed by atoms with Crippen LogP contribution >= 0.6 is 23.2 Å². The van der Waals surface area contributed by atoms with Gasteiger partial charge in [0.1, 0.15) is 6.54 Å². The molecule has 3 rings (SSSR count). The molecule has 2 heterocycles. The number of likely N-dealkylation sites (N-methyl/N-ethyl adjacent to an activating group) is 1. The molecule has 0 saturated heterocycles. The maximum atomic E-state index is 13.0. The fourth-order valence-corrected chi connectivity index (χ4v) is 4.33. The van der Waals surface area contributed by atoms with Crippen LogP contribution in [0.2, 0.25) is 10.0 Å². The molecule has 0 aromatic heterocycles. The standard InChI is InChI=1S/C18H18Cl2N4O4S/c1-2-23(11-15(25)21-16-13(19)6-3-7-14(16)20)18(26)12-5-4-8-24-9-10-29(27,28)22-17(12)24/h3-8H,2,9-11H2,1H3,(H,21,25). The maximum Gasteiger partial charge on any atom is 0.258 e. The Hall–Kier alpha value is -2.36. The van der Waals surface area contributed by atoms with Crippen molar-refractivity contribution in [2.75, 3.05) is 30.7 Å². The van der Waals surface area contributed by atoms with Crippen molar-refractivity contribution in [3.8, 4) is 0 Å². The number of hydrogen-bond donors (Lipinski definition) is 1. The third-order valence-electron chi connectivity index (χ3n) is 4.32. The van der Waals surface area contributed by atoms with E-state index in [-0.39, 0.29) is 52.5 Å². The smallest absolute Gasteiger partial charge is 0.258 e. The number of carbonyl (C=O) groups is 2. The molecular formula is C18H18Cl2N4O4S. The van der Waals surface area contributed by atoms with Crippen LogP contribution in [-0.4, -0.2) is 61.3 Å². The zero-order valence-corrected chi connectivity index (χ0v) is 17.8. The Morgan fingerprint density at radius 3 is 2.62 bits per heavy atom. The van der Waals surface area contributed by atoms with Gasteiger partial charge >= 0.3 is 0 Å². The molecule has 2 amide bonds. The third kappa shape index (κ3) is 4.80. The highest BCUT2D eigenvalue weighted by molar-refractivity contribution is 7.90. The van der Waals surface area contributed by atoms with Crippen molar-refractivity contribution in [2.45, 2.75) is 6.92 Å². The molecule has 0 radical (unpaired) electrons. The molecule has 0 saturated carbocycles. The summed E-state index contributed by atoms with van der Waals surface area (Å²) in [5, 5.41) is 3.16. The van der Waals surface area contributed by atoms with Crippen molar-refractivity contribution >= 4 is 56.6 Å². The molecule has 0 aliphatic carbocycles. The van der Waals surface area contributed by atoms with E-state index in [2.05, 4.69) is 9.71 Å². The second-order valence-electron chi connectivity index (χ2n) is 6.28. The number of anilines is 1. The summed E-state index contributed by atoms with van der Waals surface area (Å²) in [5.74, 6) is -1.05. The van der Waals surface area contributed by atoms with E-state index in [0.717, 1.165) is 0 Å². The lowest BCUT2D eigenvalue weighted by atomic mass is 10.1. The largest absolute Gasteiger partial charge is 0.331 e. The van der Waals surface area contributed by atoms with E-state index < -0.39 is 21.8 Å². The number of hydrogen-bond acceptors (Lipinski definition) is 5. The van der Waals surface area contributed by atoms with Crippen LogP contribution in [0.3, 0.4) is 0 Å². The number of rotatable bonds is 5. The molecule has 0 atom stereocenters. The fourth-order valence-electron chi connectivity index (χ4n) is 2.85. The van der Waals surface area contributed by atoms with E-state index in [1.54, 1.807) is 42.3 Å². The van der Waals surface area contributed by atoms with Crippen LogP contribution in [0.1, 0.15) is 6.92 Å². The number of nitrogens with zero attached hydrogens (tertiary/aromatic N) is 3. The van der Waals surface area contributed by atoms with Crippen LogP contribution in [0.5, 0.6) is 0 Å². The first-order valence-electron chi connectivity index (χ1n) is 8.73. The highest BCUT2D eigenvalue weighted by Crippen LogP contribution is 2.29. The molecular weight excluding hydrogens is 439 g/mol. The summed E-state index contributed by atoms with van der Waals surface area (Å²) in [5.41, 5.74) is 0.374. The van der Waals surface area contributed by atoms with E-state index in [1.807, 2.05) is 0 Å². The van der Waals surface area contributed by atoms with E-state index >= 15 is 0 Å². The summed E-state index contributed by atoms with van der Waals surface area (Å²) >= 11 is 12.1. The van der Waals surface area contributed by atoms with E-state index in [9.17, 15) is 18.0 Å². The number of fused-ring (bicyclic) bond motifs is 1. The lowest BCUT2D eigenvalue weighted by molar-refractivity contribution is -0.130. The first-order chi connectivity index (χ1) is 13.7. The lowest BCUT2D eigenvalue weighted by Crippen LogP contribution is -2.45. The number of benzene rings is 1. The topological polar surface area (TPSA) is 99.1 Å². The number of nitrogens with one attached hydrogen (secondary N) is 1. The Morgan fingerprint density at radius 1 is 1.28 bits per heavy atom. The van der Waals surface area contributed by atoms with Gasteiger partial charge < -0.3 is 15.1 Å². The minimum Gasteiger partial charge on any atom is -0.331 e. The Kier molecular flexibility index (Phi) is 6.30. The van der Waals surface area contributed by atoms with Crippen molar-refractivity contribution < 1.29 is 18.0 Å². The van der Waals surface area contributed by atoms with Gasteiger partial charge in [0, 0.05) is 19.3 Å². The highest BCUT2D eigenvalue weighted by atomic mass is 35.5. The normalized spacial score (nSPS) is 17.1. The number of halogens is 2. The lowest BCUT2D eigenvalue weighted by Gasteiger charge is -2.30. The van der Waals surface area contributed by atoms with Crippen molar-refractivity contribution in [1.82, 2.24) is 9.80 Å². The van der Waals surface area contributed by atoms with Gasteiger partial charge in [-0.05, 0) is 31.2 Å². The molecule has 0 bridgehead atoms. The maximum absolute atomic E-state index is 13.0. The van der Waals surface area contributed by atoms with Crippen LogP contribution in [0.25, 0.3) is 0 Å². The van der Waals surface area contributed by atoms with Crippen molar-refractivity contribution in [3.63, 3.8) is 0 Å². The summed E-state index contributed by atoms with van der Waals surface area (Å²) in [6, 6.07) is 4.82. The molecule has 1 aromatic carbocycles. The summed E-state index contributed by atoms with van der Waals surface area (Å²) in [6.45, 7) is 1.88. The second-order valence-corrected chi connectivity index (χ2v) is 8.85. The van der Waals surface area contributed by atoms with Crippen LogP contribution in [0, 0.1) is 0 Å². The van der Waals surface area contributed by atoms with Crippen molar-refractivity contribution in [3.05, 3.63) is 52.2 Å². The summed E-state index contributed by atoms with van der Waals surface area (Å²) in [6.07, 6.45) is 4.79. The first kappa shape index (κ1) is 21.4. The number of allylic oxidation sites excluding steroid dienone is 2. The number of sulfonamides is 1. The van der Waals surface area contributed by atoms with Crippen LogP contribution < -0.4 is 5.32 Å². The zero-order chi connectivity index (χ0) is 21.2. The van der Waals surface area contributed by atoms with E-state index in [1.165, 1.54) is 11.0 Å². The van der Waals surface area contributed by atoms with Gasteiger partial charge in [-0.3, -0.25) is 9.59 Å². The quantitative estimate of drug-likeness (QED) is 0.732. The van der Waals surface area contributed by atoms with Gasteiger partial charge in [0.05, 0.1) is 27.1 Å². The minimum absolute atomic E-state index is 0.0664.